The quantitative estimate of drug-likeness (QED) is 0.821. The number of hydrogen-bond acceptors (Lipinski definition) is 4. The first-order chi connectivity index (χ1) is 8.26. The average molecular weight is 237 g/mol. The first-order valence-electron chi connectivity index (χ1n) is 6.04. The molecule has 2 rings (SSSR count). The Morgan fingerprint density at radius 3 is 2.82 bits per heavy atom. The van der Waals surface area contributed by atoms with E-state index < -0.39 is 6.10 Å². The van der Waals surface area contributed by atoms with Crippen molar-refractivity contribution in [3.8, 4) is 5.75 Å². The molecule has 4 nitrogen and oxygen atoms in total. The van der Waals surface area contributed by atoms with Crippen molar-refractivity contribution in [1.82, 2.24) is 4.98 Å². The molecule has 0 amide bonds. The molecule has 94 valence electrons. The molecule has 1 aromatic heterocycles. The minimum atomic E-state index is -0.625. The average Bonchev–Trinajstić information content (AvgIpc) is 3.15. The SMILES string of the molecule is CCOc1cncc(C(O)C(OC)C2CC2)c1. The van der Waals surface area contributed by atoms with Gasteiger partial charge in [0.2, 0.25) is 0 Å². The second kappa shape index (κ2) is 5.47. The highest BCUT2D eigenvalue weighted by Gasteiger charge is 2.36. The van der Waals surface area contributed by atoms with Gasteiger partial charge in [-0.3, -0.25) is 4.98 Å². The molecule has 0 saturated heterocycles. The van der Waals surface area contributed by atoms with E-state index in [1.165, 1.54) is 0 Å². The summed E-state index contributed by atoms with van der Waals surface area (Å²) in [5, 5.41) is 10.3. The monoisotopic (exact) mass is 237 g/mol. The summed E-state index contributed by atoms with van der Waals surface area (Å²) in [6.45, 7) is 2.52. The summed E-state index contributed by atoms with van der Waals surface area (Å²) in [6.07, 6.45) is 4.83. The zero-order valence-electron chi connectivity index (χ0n) is 10.3. The lowest BCUT2D eigenvalue weighted by atomic mass is 10.0. The molecule has 1 aromatic rings. The van der Waals surface area contributed by atoms with Crippen LogP contribution >= 0.6 is 0 Å². The standard InChI is InChI=1S/C13H19NO3/c1-3-17-11-6-10(7-14-8-11)12(15)13(16-2)9-4-5-9/h6-9,12-13,15H,3-5H2,1-2H3. The minimum absolute atomic E-state index is 0.131. The number of methoxy groups -OCH3 is 1. The van der Waals surface area contributed by atoms with Crippen molar-refractivity contribution < 1.29 is 14.6 Å². The maximum Gasteiger partial charge on any atom is 0.137 e. The van der Waals surface area contributed by atoms with Crippen molar-refractivity contribution in [3.05, 3.63) is 24.0 Å². The Hall–Kier alpha value is -1.13. The van der Waals surface area contributed by atoms with E-state index in [1.807, 2.05) is 13.0 Å². The number of hydrogen-bond donors (Lipinski definition) is 1. The molecule has 1 heterocycles. The van der Waals surface area contributed by atoms with Crippen LogP contribution in [0.3, 0.4) is 0 Å². The van der Waals surface area contributed by atoms with E-state index in [1.54, 1.807) is 19.5 Å². The predicted molar refractivity (Wildman–Crippen MR) is 63.9 cm³/mol. The molecule has 1 N–H and O–H groups in total. The molecule has 1 aliphatic rings. The van der Waals surface area contributed by atoms with Crippen molar-refractivity contribution >= 4 is 0 Å². The van der Waals surface area contributed by atoms with Crippen LogP contribution in [0.2, 0.25) is 0 Å². The molecule has 17 heavy (non-hydrogen) atoms. The fraction of sp³-hybridized carbons (Fsp3) is 0.615. The highest BCUT2D eigenvalue weighted by Crippen LogP contribution is 2.39. The number of pyridine rings is 1. The van der Waals surface area contributed by atoms with Crippen LogP contribution in [0.4, 0.5) is 0 Å². The van der Waals surface area contributed by atoms with E-state index in [4.69, 9.17) is 9.47 Å². The van der Waals surface area contributed by atoms with Crippen molar-refractivity contribution in [2.45, 2.75) is 32.0 Å². The Morgan fingerprint density at radius 2 is 2.24 bits per heavy atom. The van der Waals surface area contributed by atoms with Crippen molar-refractivity contribution in [3.63, 3.8) is 0 Å². The highest BCUT2D eigenvalue weighted by molar-refractivity contribution is 5.26. The normalized spacial score (nSPS) is 18.8. The zero-order chi connectivity index (χ0) is 12.3. The van der Waals surface area contributed by atoms with E-state index in [2.05, 4.69) is 4.98 Å². The molecule has 4 heteroatoms. The van der Waals surface area contributed by atoms with Gasteiger partial charge in [-0.05, 0) is 31.7 Å². The van der Waals surface area contributed by atoms with Crippen LogP contribution in [-0.4, -0.2) is 29.9 Å². The van der Waals surface area contributed by atoms with E-state index >= 15 is 0 Å². The fourth-order valence-electron chi connectivity index (χ4n) is 2.04. The molecular weight excluding hydrogens is 218 g/mol. The molecule has 2 unspecified atom stereocenters. The van der Waals surface area contributed by atoms with Crippen LogP contribution in [0, 0.1) is 5.92 Å². The van der Waals surface area contributed by atoms with E-state index in [9.17, 15) is 5.11 Å². The molecule has 0 radical (unpaired) electrons. The second-order valence-corrected chi connectivity index (χ2v) is 4.37. The first-order valence-corrected chi connectivity index (χ1v) is 6.04. The number of aliphatic hydroxyl groups excluding tert-OH is 1. The smallest absolute Gasteiger partial charge is 0.137 e. The van der Waals surface area contributed by atoms with Crippen LogP contribution in [0.25, 0.3) is 0 Å². The summed E-state index contributed by atoms with van der Waals surface area (Å²) in [7, 11) is 1.64. The van der Waals surface area contributed by atoms with Crippen LogP contribution in [0.5, 0.6) is 5.75 Å². The van der Waals surface area contributed by atoms with E-state index in [-0.39, 0.29) is 6.10 Å². The topological polar surface area (TPSA) is 51.6 Å². The van der Waals surface area contributed by atoms with Crippen LogP contribution in [0.1, 0.15) is 31.4 Å². The van der Waals surface area contributed by atoms with Gasteiger partial charge in [-0.25, -0.2) is 0 Å². The highest BCUT2D eigenvalue weighted by atomic mass is 16.5. The molecular formula is C13H19NO3. The van der Waals surface area contributed by atoms with E-state index in [0.717, 1.165) is 18.4 Å². The van der Waals surface area contributed by atoms with Gasteiger partial charge in [0.05, 0.1) is 18.9 Å². The Labute approximate surface area is 102 Å². The van der Waals surface area contributed by atoms with Gasteiger partial charge < -0.3 is 14.6 Å². The van der Waals surface area contributed by atoms with Crippen molar-refractivity contribution in [1.29, 1.82) is 0 Å². The molecule has 0 aromatic carbocycles. The van der Waals surface area contributed by atoms with Crippen LogP contribution < -0.4 is 4.74 Å². The third-order valence-electron chi connectivity index (χ3n) is 3.06. The molecule has 1 fully saturated rings. The largest absolute Gasteiger partial charge is 0.492 e. The Balaban J connectivity index is 2.11. The summed E-state index contributed by atoms with van der Waals surface area (Å²) >= 11 is 0. The lowest BCUT2D eigenvalue weighted by Crippen LogP contribution is -2.23. The van der Waals surface area contributed by atoms with Crippen LogP contribution in [0.15, 0.2) is 18.5 Å². The number of ether oxygens (including phenoxy) is 2. The summed E-state index contributed by atoms with van der Waals surface area (Å²) in [4.78, 5) is 4.08. The van der Waals surface area contributed by atoms with Gasteiger partial charge in [-0.2, -0.15) is 0 Å². The third kappa shape index (κ3) is 2.96. The number of rotatable bonds is 6. The summed E-state index contributed by atoms with van der Waals surface area (Å²) < 4.78 is 10.7. The Morgan fingerprint density at radius 1 is 1.47 bits per heavy atom. The van der Waals surface area contributed by atoms with Gasteiger partial charge in [0.15, 0.2) is 0 Å². The first kappa shape index (κ1) is 12.3. The van der Waals surface area contributed by atoms with E-state index in [0.29, 0.717) is 18.3 Å². The molecule has 1 aliphatic carbocycles. The van der Waals surface area contributed by atoms with Gasteiger partial charge >= 0.3 is 0 Å². The lowest BCUT2D eigenvalue weighted by molar-refractivity contribution is -0.0261. The van der Waals surface area contributed by atoms with Gasteiger partial charge in [-0.15, -0.1) is 0 Å². The van der Waals surface area contributed by atoms with Crippen molar-refractivity contribution in [2.75, 3.05) is 13.7 Å². The summed E-state index contributed by atoms with van der Waals surface area (Å²) in [5.41, 5.74) is 0.759. The third-order valence-corrected chi connectivity index (χ3v) is 3.06. The number of aliphatic hydroxyl groups is 1. The summed E-state index contributed by atoms with van der Waals surface area (Å²) in [6, 6.07) is 1.83. The maximum absolute atomic E-state index is 10.3. The van der Waals surface area contributed by atoms with Crippen LogP contribution in [-0.2, 0) is 4.74 Å². The maximum atomic E-state index is 10.3. The lowest BCUT2D eigenvalue weighted by Gasteiger charge is -2.21. The number of aromatic nitrogens is 1. The molecule has 2 atom stereocenters. The minimum Gasteiger partial charge on any atom is -0.492 e. The number of nitrogens with zero attached hydrogens (tertiary/aromatic N) is 1. The molecule has 0 bridgehead atoms. The van der Waals surface area contributed by atoms with Gasteiger partial charge in [0, 0.05) is 18.9 Å². The molecule has 0 spiro atoms. The van der Waals surface area contributed by atoms with Gasteiger partial charge in [0.25, 0.3) is 0 Å². The van der Waals surface area contributed by atoms with Gasteiger partial charge in [0.1, 0.15) is 11.9 Å². The van der Waals surface area contributed by atoms with Crippen molar-refractivity contribution in [2.24, 2.45) is 5.92 Å². The summed E-state index contributed by atoms with van der Waals surface area (Å²) in [5.74, 6) is 1.17. The molecule has 1 saturated carbocycles. The second-order valence-electron chi connectivity index (χ2n) is 4.37. The predicted octanol–water partition coefficient (Wildman–Crippen LogP) is 1.94. The molecule has 0 aliphatic heterocycles. The Kier molecular flexibility index (Phi) is 3.97. The Bertz CT molecular complexity index is 365. The van der Waals surface area contributed by atoms with Gasteiger partial charge in [-0.1, -0.05) is 0 Å². The zero-order valence-corrected chi connectivity index (χ0v) is 10.3. The fourth-order valence-corrected chi connectivity index (χ4v) is 2.04.